The van der Waals surface area contributed by atoms with Crippen LogP contribution < -0.4 is 4.90 Å². The summed E-state index contributed by atoms with van der Waals surface area (Å²) in [4.78, 5) is 6.26. The summed E-state index contributed by atoms with van der Waals surface area (Å²) in [7, 11) is 0. The fourth-order valence-corrected chi connectivity index (χ4v) is 2.75. The van der Waals surface area contributed by atoms with Crippen molar-refractivity contribution in [2.45, 2.75) is 32.1 Å². The molecule has 0 saturated carbocycles. The van der Waals surface area contributed by atoms with Crippen LogP contribution in [0.5, 0.6) is 0 Å². The van der Waals surface area contributed by atoms with Crippen LogP contribution in [-0.2, 0) is 0 Å². The van der Waals surface area contributed by atoms with Gasteiger partial charge >= 0.3 is 0 Å². The van der Waals surface area contributed by atoms with E-state index >= 15 is 0 Å². The Balaban J connectivity index is 2.17. The van der Waals surface area contributed by atoms with Gasteiger partial charge in [-0.05, 0) is 40.9 Å². The van der Waals surface area contributed by atoms with Gasteiger partial charge in [-0.3, -0.25) is 0 Å². The van der Waals surface area contributed by atoms with Crippen molar-refractivity contribution in [1.82, 2.24) is 4.98 Å². The van der Waals surface area contributed by atoms with Gasteiger partial charge < -0.3 is 4.90 Å². The van der Waals surface area contributed by atoms with E-state index in [-0.39, 0.29) is 12.8 Å². The summed E-state index contributed by atoms with van der Waals surface area (Å²) in [5.74, 6) is -1.75. The van der Waals surface area contributed by atoms with E-state index in [4.69, 9.17) is 0 Å². The lowest BCUT2D eigenvalue weighted by Gasteiger charge is -2.22. The molecule has 0 aromatic carbocycles. The van der Waals surface area contributed by atoms with E-state index in [0.717, 1.165) is 15.9 Å². The van der Waals surface area contributed by atoms with E-state index in [1.54, 1.807) is 6.20 Å². The van der Waals surface area contributed by atoms with Crippen LogP contribution in [0.2, 0.25) is 0 Å². The Kier molecular flexibility index (Phi) is 3.66. The normalized spacial score (nSPS) is 20.1. The number of hydrogen-bond donors (Lipinski definition) is 0. The molecule has 1 aromatic rings. The lowest BCUT2D eigenvalue weighted by molar-refractivity contribution is -0.0102. The lowest BCUT2D eigenvalue weighted by Crippen LogP contribution is -2.26. The molecular formula is C12H15BrF2N2. The van der Waals surface area contributed by atoms with Gasteiger partial charge in [-0.2, -0.15) is 0 Å². The van der Waals surface area contributed by atoms with E-state index in [1.807, 2.05) is 17.9 Å². The molecule has 0 aliphatic carbocycles. The van der Waals surface area contributed by atoms with Gasteiger partial charge in [0.05, 0.1) is 4.47 Å². The third kappa shape index (κ3) is 3.15. The minimum absolute atomic E-state index is 0.0209. The minimum Gasteiger partial charge on any atom is -0.355 e. The molecule has 1 aliphatic rings. The second-order valence-corrected chi connectivity index (χ2v) is 5.37. The first-order chi connectivity index (χ1) is 7.98. The van der Waals surface area contributed by atoms with Crippen LogP contribution in [0.3, 0.4) is 0 Å². The highest BCUT2D eigenvalue weighted by molar-refractivity contribution is 9.10. The first-order valence-corrected chi connectivity index (χ1v) is 6.52. The summed E-state index contributed by atoms with van der Waals surface area (Å²) in [5, 5.41) is 0. The Morgan fingerprint density at radius 2 is 2.12 bits per heavy atom. The van der Waals surface area contributed by atoms with Crippen LogP contribution in [0, 0.1) is 6.92 Å². The number of pyridine rings is 1. The standard InChI is InChI=1S/C12H15BrF2N2/c1-9-7-10(13)11(16-8-9)17-5-2-3-12(14,15)4-6-17/h7-8H,2-6H2,1H3. The molecule has 1 saturated heterocycles. The average Bonchev–Trinajstić information content (AvgIpc) is 2.40. The van der Waals surface area contributed by atoms with Crippen molar-refractivity contribution in [3.8, 4) is 0 Å². The molecule has 17 heavy (non-hydrogen) atoms. The molecule has 0 N–H and O–H groups in total. The molecule has 1 aromatic heterocycles. The van der Waals surface area contributed by atoms with Crippen molar-refractivity contribution in [2.24, 2.45) is 0 Å². The van der Waals surface area contributed by atoms with Gasteiger partial charge in [0.25, 0.3) is 0 Å². The summed E-state index contributed by atoms with van der Waals surface area (Å²) in [6, 6.07) is 1.96. The van der Waals surface area contributed by atoms with Gasteiger partial charge in [-0.25, -0.2) is 13.8 Å². The fourth-order valence-electron chi connectivity index (χ4n) is 2.03. The zero-order valence-corrected chi connectivity index (χ0v) is 11.3. The molecule has 94 valence electrons. The number of halogens is 3. The largest absolute Gasteiger partial charge is 0.355 e. The van der Waals surface area contributed by atoms with Crippen molar-refractivity contribution >= 4 is 21.7 Å². The summed E-state index contributed by atoms with van der Waals surface area (Å²) >= 11 is 3.44. The second-order valence-electron chi connectivity index (χ2n) is 4.51. The van der Waals surface area contributed by atoms with Crippen molar-refractivity contribution in [3.05, 3.63) is 22.3 Å². The highest BCUT2D eigenvalue weighted by Gasteiger charge is 2.32. The molecule has 5 heteroatoms. The smallest absolute Gasteiger partial charge is 0.249 e. The number of nitrogens with zero attached hydrogens (tertiary/aromatic N) is 2. The fraction of sp³-hybridized carbons (Fsp3) is 0.583. The van der Waals surface area contributed by atoms with Crippen LogP contribution in [0.25, 0.3) is 0 Å². The molecule has 0 atom stereocenters. The van der Waals surface area contributed by atoms with Crippen LogP contribution in [0.15, 0.2) is 16.7 Å². The lowest BCUT2D eigenvalue weighted by atomic mass is 10.1. The van der Waals surface area contributed by atoms with Crippen molar-refractivity contribution in [1.29, 1.82) is 0 Å². The predicted octanol–water partition coefficient (Wildman–Crippen LogP) is 3.78. The molecule has 0 spiro atoms. The van der Waals surface area contributed by atoms with Crippen molar-refractivity contribution < 1.29 is 8.78 Å². The highest BCUT2D eigenvalue weighted by atomic mass is 79.9. The summed E-state index contributed by atoms with van der Waals surface area (Å²) < 4.78 is 27.4. The molecule has 0 radical (unpaired) electrons. The monoisotopic (exact) mass is 304 g/mol. The molecule has 0 amide bonds. The molecule has 0 unspecified atom stereocenters. The minimum atomic E-state index is -2.52. The molecule has 2 rings (SSSR count). The average molecular weight is 305 g/mol. The zero-order valence-electron chi connectivity index (χ0n) is 9.72. The third-order valence-electron chi connectivity index (χ3n) is 2.98. The van der Waals surface area contributed by atoms with Gasteiger partial charge in [0.1, 0.15) is 5.82 Å². The topological polar surface area (TPSA) is 16.1 Å². The first kappa shape index (κ1) is 12.7. The van der Waals surface area contributed by atoms with E-state index in [2.05, 4.69) is 20.9 Å². The number of alkyl halides is 2. The molecule has 2 heterocycles. The number of aryl methyl sites for hydroxylation is 1. The maximum absolute atomic E-state index is 13.3. The van der Waals surface area contributed by atoms with E-state index in [9.17, 15) is 8.78 Å². The quantitative estimate of drug-likeness (QED) is 0.785. The van der Waals surface area contributed by atoms with Crippen LogP contribution >= 0.6 is 15.9 Å². The molecular weight excluding hydrogens is 290 g/mol. The van der Waals surface area contributed by atoms with Crippen molar-refractivity contribution in [2.75, 3.05) is 18.0 Å². The summed E-state index contributed by atoms with van der Waals surface area (Å²) in [6.07, 6.45) is 2.17. The molecule has 1 aliphatic heterocycles. The molecule has 1 fully saturated rings. The summed E-state index contributed by atoms with van der Waals surface area (Å²) in [6.45, 7) is 2.96. The van der Waals surface area contributed by atoms with Crippen LogP contribution in [-0.4, -0.2) is 24.0 Å². The Morgan fingerprint density at radius 3 is 2.82 bits per heavy atom. The SMILES string of the molecule is Cc1cnc(N2CCCC(F)(F)CC2)c(Br)c1. The van der Waals surface area contributed by atoms with Gasteiger partial charge in [0, 0.05) is 32.1 Å². The van der Waals surface area contributed by atoms with Gasteiger partial charge in [-0.15, -0.1) is 0 Å². The highest BCUT2D eigenvalue weighted by Crippen LogP contribution is 2.32. The molecule has 2 nitrogen and oxygen atoms in total. The van der Waals surface area contributed by atoms with E-state index < -0.39 is 5.92 Å². The van der Waals surface area contributed by atoms with Gasteiger partial charge in [-0.1, -0.05) is 0 Å². The number of rotatable bonds is 1. The number of hydrogen-bond acceptors (Lipinski definition) is 2. The van der Waals surface area contributed by atoms with Crippen LogP contribution in [0.4, 0.5) is 14.6 Å². The number of anilines is 1. The second kappa shape index (κ2) is 4.88. The summed E-state index contributed by atoms with van der Waals surface area (Å²) in [5.41, 5.74) is 1.06. The first-order valence-electron chi connectivity index (χ1n) is 5.73. The van der Waals surface area contributed by atoms with Gasteiger partial charge in [0.15, 0.2) is 0 Å². The van der Waals surface area contributed by atoms with Gasteiger partial charge in [0.2, 0.25) is 5.92 Å². The maximum atomic E-state index is 13.3. The van der Waals surface area contributed by atoms with E-state index in [1.165, 1.54) is 0 Å². The Bertz CT molecular complexity index is 409. The Hall–Kier alpha value is -0.710. The predicted molar refractivity (Wildman–Crippen MR) is 67.7 cm³/mol. The van der Waals surface area contributed by atoms with Crippen LogP contribution in [0.1, 0.15) is 24.8 Å². The molecule has 0 bridgehead atoms. The Labute approximate surface area is 108 Å². The van der Waals surface area contributed by atoms with Crippen molar-refractivity contribution in [3.63, 3.8) is 0 Å². The third-order valence-corrected chi connectivity index (χ3v) is 3.56. The number of aromatic nitrogens is 1. The maximum Gasteiger partial charge on any atom is 0.249 e. The van der Waals surface area contributed by atoms with E-state index in [0.29, 0.717) is 19.5 Å². The Morgan fingerprint density at radius 1 is 1.35 bits per heavy atom. The zero-order chi connectivity index (χ0) is 12.5.